The molecule has 6 nitrogen and oxygen atoms in total. The fourth-order valence-corrected chi connectivity index (χ4v) is 2.26. The largest absolute Gasteiger partial charge is 0.469 e. The molecule has 0 aliphatic carbocycles. The summed E-state index contributed by atoms with van der Waals surface area (Å²) in [6.45, 7) is 3.09. The van der Waals surface area contributed by atoms with Gasteiger partial charge in [0.2, 0.25) is 5.91 Å². The first kappa shape index (κ1) is 15.9. The van der Waals surface area contributed by atoms with E-state index < -0.39 is 0 Å². The van der Waals surface area contributed by atoms with Crippen LogP contribution in [0.3, 0.4) is 0 Å². The molecule has 1 N–H and O–H groups in total. The highest BCUT2D eigenvalue weighted by molar-refractivity contribution is 5.78. The third-order valence-electron chi connectivity index (χ3n) is 3.25. The molecule has 1 heterocycles. The van der Waals surface area contributed by atoms with Crippen molar-refractivity contribution in [3.8, 4) is 0 Å². The van der Waals surface area contributed by atoms with E-state index in [0.717, 1.165) is 25.8 Å². The summed E-state index contributed by atoms with van der Waals surface area (Å²) in [5.74, 6) is -0.271. The van der Waals surface area contributed by atoms with Gasteiger partial charge in [0.15, 0.2) is 0 Å². The number of methoxy groups -OCH3 is 2. The highest BCUT2D eigenvalue weighted by Crippen LogP contribution is 2.17. The van der Waals surface area contributed by atoms with E-state index in [0.29, 0.717) is 26.2 Å². The van der Waals surface area contributed by atoms with E-state index in [9.17, 15) is 9.59 Å². The van der Waals surface area contributed by atoms with Crippen molar-refractivity contribution in [3.05, 3.63) is 0 Å². The van der Waals surface area contributed by atoms with Crippen LogP contribution in [0.5, 0.6) is 0 Å². The standard InChI is InChI=1S/C13H24N2O4/c1-18-8-4-6-14-12(16)10-15-7-3-5-11(9-15)13(17)19-2/h11H,3-10H2,1-2H3,(H,14,16)/t11-/m0/s1. The van der Waals surface area contributed by atoms with Crippen molar-refractivity contribution in [2.45, 2.75) is 19.3 Å². The van der Waals surface area contributed by atoms with Gasteiger partial charge in [0.25, 0.3) is 0 Å². The number of piperidine rings is 1. The van der Waals surface area contributed by atoms with Crippen LogP contribution in [-0.2, 0) is 19.1 Å². The van der Waals surface area contributed by atoms with Crippen LogP contribution in [0.2, 0.25) is 0 Å². The second-order valence-electron chi connectivity index (χ2n) is 4.79. The zero-order valence-electron chi connectivity index (χ0n) is 11.8. The quantitative estimate of drug-likeness (QED) is 0.523. The van der Waals surface area contributed by atoms with Crippen molar-refractivity contribution in [1.29, 1.82) is 0 Å². The number of carbonyl (C=O) groups excluding carboxylic acids is 2. The maximum atomic E-state index is 11.7. The zero-order chi connectivity index (χ0) is 14.1. The number of ether oxygens (including phenoxy) is 2. The minimum atomic E-state index is -0.176. The van der Waals surface area contributed by atoms with Crippen molar-refractivity contribution in [1.82, 2.24) is 10.2 Å². The van der Waals surface area contributed by atoms with Crippen molar-refractivity contribution in [3.63, 3.8) is 0 Å². The lowest BCUT2D eigenvalue weighted by atomic mass is 9.98. The number of nitrogens with one attached hydrogen (secondary N) is 1. The number of likely N-dealkylation sites (tertiary alicyclic amines) is 1. The van der Waals surface area contributed by atoms with Gasteiger partial charge in [-0.3, -0.25) is 14.5 Å². The van der Waals surface area contributed by atoms with Gasteiger partial charge in [-0.05, 0) is 25.8 Å². The Labute approximate surface area is 114 Å². The second kappa shape index (κ2) is 8.87. The Morgan fingerprint density at radius 3 is 2.84 bits per heavy atom. The molecule has 1 atom stereocenters. The number of esters is 1. The number of hydrogen-bond acceptors (Lipinski definition) is 5. The van der Waals surface area contributed by atoms with E-state index in [1.807, 2.05) is 4.90 Å². The van der Waals surface area contributed by atoms with Gasteiger partial charge in [-0.15, -0.1) is 0 Å². The second-order valence-corrected chi connectivity index (χ2v) is 4.79. The molecule has 1 saturated heterocycles. The fourth-order valence-electron chi connectivity index (χ4n) is 2.26. The van der Waals surface area contributed by atoms with Crippen LogP contribution in [-0.4, -0.2) is 63.8 Å². The number of nitrogens with zero attached hydrogens (tertiary/aromatic N) is 1. The molecule has 0 saturated carbocycles. The molecule has 1 rings (SSSR count). The number of hydrogen-bond donors (Lipinski definition) is 1. The molecule has 110 valence electrons. The summed E-state index contributed by atoms with van der Waals surface area (Å²) in [5, 5.41) is 2.85. The molecule has 0 aromatic carbocycles. The summed E-state index contributed by atoms with van der Waals surface area (Å²) >= 11 is 0. The zero-order valence-corrected chi connectivity index (χ0v) is 11.8. The predicted octanol–water partition coefficient (Wildman–Crippen LogP) is 0.0241. The van der Waals surface area contributed by atoms with Gasteiger partial charge in [-0.2, -0.15) is 0 Å². The van der Waals surface area contributed by atoms with Crippen LogP contribution in [0.25, 0.3) is 0 Å². The van der Waals surface area contributed by atoms with E-state index in [2.05, 4.69) is 5.32 Å². The first-order valence-corrected chi connectivity index (χ1v) is 6.73. The molecule has 0 aromatic rings. The SMILES string of the molecule is COCCCNC(=O)CN1CCC[C@H](C(=O)OC)C1. The smallest absolute Gasteiger partial charge is 0.309 e. The first-order chi connectivity index (χ1) is 9.17. The Morgan fingerprint density at radius 2 is 2.16 bits per heavy atom. The third kappa shape index (κ3) is 6.02. The van der Waals surface area contributed by atoms with Crippen LogP contribution < -0.4 is 5.32 Å². The molecule has 0 bridgehead atoms. The first-order valence-electron chi connectivity index (χ1n) is 6.73. The molecule has 1 aliphatic heterocycles. The normalized spacial score (nSPS) is 20.0. The highest BCUT2D eigenvalue weighted by atomic mass is 16.5. The predicted molar refractivity (Wildman–Crippen MR) is 70.7 cm³/mol. The van der Waals surface area contributed by atoms with Crippen LogP contribution in [0.1, 0.15) is 19.3 Å². The molecule has 0 spiro atoms. The Balaban J connectivity index is 2.24. The number of rotatable bonds is 7. The van der Waals surface area contributed by atoms with Gasteiger partial charge in [0.1, 0.15) is 0 Å². The molecule has 1 fully saturated rings. The van der Waals surface area contributed by atoms with E-state index in [4.69, 9.17) is 9.47 Å². The lowest BCUT2D eigenvalue weighted by Crippen LogP contribution is -2.44. The van der Waals surface area contributed by atoms with Crippen LogP contribution in [0, 0.1) is 5.92 Å². The van der Waals surface area contributed by atoms with Crippen LogP contribution in [0.4, 0.5) is 0 Å². The minimum Gasteiger partial charge on any atom is -0.469 e. The van der Waals surface area contributed by atoms with Gasteiger partial charge in [0, 0.05) is 26.8 Å². The molecule has 1 amide bonds. The number of amides is 1. The van der Waals surface area contributed by atoms with Crippen molar-refractivity contribution < 1.29 is 19.1 Å². The van der Waals surface area contributed by atoms with E-state index in [1.54, 1.807) is 7.11 Å². The summed E-state index contributed by atoms with van der Waals surface area (Å²) < 4.78 is 9.67. The van der Waals surface area contributed by atoms with Crippen molar-refractivity contribution in [2.24, 2.45) is 5.92 Å². The molecule has 0 aromatic heterocycles. The lowest BCUT2D eigenvalue weighted by Gasteiger charge is -2.30. The van der Waals surface area contributed by atoms with Gasteiger partial charge < -0.3 is 14.8 Å². The fraction of sp³-hybridized carbons (Fsp3) is 0.846. The molecule has 1 aliphatic rings. The topological polar surface area (TPSA) is 67.9 Å². The van der Waals surface area contributed by atoms with Crippen LogP contribution in [0.15, 0.2) is 0 Å². The van der Waals surface area contributed by atoms with Gasteiger partial charge >= 0.3 is 5.97 Å². The Hall–Kier alpha value is -1.14. The molecule has 6 heteroatoms. The summed E-state index contributed by atoms with van der Waals surface area (Å²) in [7, 11) is 3.05. The molecule has 19 heavy (non-hydrogen) atoms. The lowest BCUT2D eigenvalue weighted by molar-refractivity contribution is -0.147. The third-order valence-corrected chi connectivity index (χ3v) is 3.25. The Kier molecular flexibility index (Phi) is 7.43. The van der Waals surface area contributed by atoms with E-state index >= 15 is 0 Å². The van der Waals surface area contributed by atoms with Gasteiger partial charge in [-0.1, -0.05) is 0 Å². The molecule has 0 unspecified atom stereocenters. The molecular weight excluding hydrogens is 248 g/mol. The minimum absolute atomic E-state index is 0.00150. The summed E-state index contributed by atoms with van der Waals surface area (Å²) in [5.41, 5.74) is 0. The van der Waals surface area contributed by atoms with Crippen molar-refractivity contribution in [2.75, 3.05) is 47.0 Å². The maximum absolute atomic E-state index is 11.7. The van der Waals surface area contributed by atoms with Gasteiger partial charge in [-0.25, -0.2) is 0 Å². The summed E-state index contributed by atoms with van der Waals surface area (Å²) in [6, 6.07) is 0. The summed E-state index contributed by atoms with van der Waals surface area (Å²) in [6.07, 6.45) is 2.59. The monoisotopic (exact) mass is 272 g/mol. The van der Waals surface area contributed by atoms with E-state index in [1.165, 1.54) is 7.11 Å². The average Bonchev–Trinajstić information content (AvgIpc) is 2.43. The Bertz CT molecular complexity index is 296. The number of carbonyl (C=O) groups is 2. The highest BCUT2D eigenvalue weighted by Gasteiger charge is 2.27. The maximum Gasteiger partial charge on any atom is 0.309 e. The van der Waals surface area contributed by atoms with Crippen LogP contribution >= 0.6 is 0 Å². The summed E-state index contributed by atoms with van der Waals surface area (Å²) in [4.78, 5) is 25.2. The average molecular weight is 272 g/mol. The molecule has 0 radical (unpaired) electrons. The Morgan fingerprint density at radius 1 is 1.37 bits per heavy atom. The van der Waals surface area contributed by atoms with E-state index in [-0.39, 0.29) is 17.8 Å². The van der Waals surface area contributed by atoms with Crippen molar-refractivity contribution >= 4 is 11.9 Å². The van der Waals surface area contributed by atoms with Gasteiger partial charge in [0.05, 0.1) is 19.6 Å². The molecular formula is C13H24N2O4.